The summed E-state index contributed by atoms with van der Waals surface area (Å²) in [6, 6.07) is 13.2. The van der Waals surface area contributed by atoms with E-state index < -0.39 is 15.9 Å². The number of nitrogens with one attached hydrogen (secondary N) is 3. The molecular formula is C21H23N5O4S2. The average molecular weight is 474 g/mol. The van der Waals surface area contributed by atoms with Gasteiger partial charge in [-0.1, -0.05) is 55.0 Å². The molecule has 3 aromatic rings. The van der Waals surface area contributed by atoms with Gasteiger partial charge in [-0.25, -0.2) is 0 Å². The Hall–Kier alpha value is -3.31. The van der Waals surface area contributed by atoms with Gasteiger partial charge in [0.1, 0.15) is 0 Å². The van der Waals surface area contributed by atoms with Crippen molar-refractivity contribution in [3.63, 3.8) is 0 Å². The quantitative estimate of drug-likeness (QED) is 0.431. The number of hydrogen-bond donors (Lipinski definition) is 3. The minimum absolute atomic E-state index is 0.0407. The predicted molar refractivity (Wildman–Crippen MR) is 123 cm³/mol. The monoisotopic (exact) mass is 473 g/mol. The molecular weight excluding hydrogens is 450 g/mol. The molecule has 3 N–H and O–H groups in total. The van der Waals surface area contributed by atoms with Crippen LogP contribution in [0.4, 0.5) is 10.8 Å². The number of aromatic nitrogens is 2. The van der Waals surface area contributed by atoms with Crippen molar-refractivity contribution in [1.29, 1.82) is 0 Å². The Balaban J connectivity index is 1.74. The van der Waals surface area contributed by atoms with Crippen molar-refractivity contribution >= 4 is 44.0 Å². The molecule has 0 saturated heterocycles. The zero-order chi connectivity index (χ0) is 23.3. The Kier molecular flexibility index (Phi) is 7.21. The Morgan fingerprint density at radius 2 is 1.69 bits per heavy atom. The van der Waals surface area contributed by atoms with Crippen LogP contribution in [0, 0.1) is 12.8 Å². The molecule has 11 heteroatoms. The highest BCUT2D eigenvalue weighted by atomic mass is 32.2. The van der Waals surface area contributed by atoms with Gasteiger partial charge in [0, 0.05) is 12.1 Å². The van der Waals surface area contributed by atoms with Crippen molar-refractivity contribution < 1.29 is 18.0 Å². The van der Waals surface area contributed by atoms with Gasteiger partial charge >= 0.3 is 0 Å². The molecule has 2 aromatic carbocycles. The van der Waals surface area contributed by atoms with Crippen LogP contribution in [0.2, 0.25) is 0 Å². The number of sulfonamides is 1. The first-order chi connectivity index (χ1) is 15.2. The summed E-state index contributed by atoms with van der Waals surface area (Å²) < 4.78 is 27.6. The SMILES string of the molecule is Cc1ccc(C(=O)Nc2nnc(S(=O)(=O)Nc3ccccc3C(=O)NCC(C)C)s2)cc1. The summed E-state index contributed by atoms with van der Waals surface area (Å²) in [6.07, 6.45) is 0. The van der Waals surface area contributed by atoms with Crippen molar-refractivity contribution in [3.05, 3.63) is 65.2 Å². The van der Waals surface area contributed by atoms with Crippen LogP contribution in [0.3, 0.4) is 0 Å². The van der Waals surface area contributed by atoms with Gasteiger partial charge in [0.2, 0.25) is 5.13 Å². The summed E-state index contributed by atoms with van der Waals surface area (Å²) in [4.78, 5) is 24.8. The molecule has 32 heavy (non-hydrogen) atoms. The minimum Gasteiger partial charge on any atom is -0.352 e. The minimum atomic E-state index is -4.12. The lowest BCUT2D eigenvalue weighted by molar-refractivity contribution is 0.0949. The fraction of sp³-hybridized carbons (Fsp3) is 0.238. The number of aryl methyl sites for hydroxylation is 1. The van der Waals surface area contributed by atoms with Crippen LogP contribution in [0.1, 0.15) is 40.1 Å². The van der Waals surface area contributed by atoms with Gasteiger partial charge in [-0.3, -0.25) is 19.6 Å². The normalized spacial score (nSPS) is 11.2. The van der Waals surface area contributed by atoms with E-state index in [2.05, 4.69) is 25.6 Å². The van der Waals surface area contributed by atoms with Gasteiger partial charge in [0.05, 0.1) is 11.3 Å². The molecule has 0 radical (unpaired) electrons. The highest BCUT2D eigenvalue weighted by Crippen LogP contribution is 2.25. The largest absolute Gasteiger partial charge is 0.352 e. The number of carbonyl (C=O) groups excluding carboxylic acids is 2. The number of nitrogens with zero attached hydrogens (tertiary/aromatic N) is 2. The second-order valence-electron chi connectivity index (χ2n) is 7.45. The Morgan fingerprint density at radius 1 is 1.00 bits per heavy atom. The molecule has 0 saturated carbocycles. The van der Waals surface area contributed by atoms with E-state index in [4.69, 9.17) is 0 Å². The highest BCUT2D eigenvalue weighted by Gasteiger charge is 2.23. The Bertz CT molecular complexity index is 1220. The molecule has 0 spiro atoms. The topological polar surface area (TPSA) is 130 Å². The van der Waals surface area contributed by atoms with E-state index in [1.807, 2.05) is 20.8 Å². The molecule has 2 amide bonds. The average Bonchev–Trinajstić information content (AvgIpc) is 3.22. The van der Waals surface area contributed by atoms with Crippen molar-refractivity contribution in [2.75, 3.05) is 16.6 Å². The van der Waals surface area contributed by atoms with E-state index in [0.717, 1.165) is 5.56 Å². The lowest BCUT2D eigenvalue weighted by Crippen LogP contribution is -2.28. The van der Waals surface area contributed by atoms with E-state index in [1.165, 1.54) is 12.1 Å². The number of carbonyl (C=O) groups is 2. The zero-order valence-electron chi connectivity index (χ0n) is 17.7. The number of para-hydroxylation sites is 1. The lowest BCUT2D eigenvalue weighted by atomic mass is 10.1. The number of anilines is 2. The van der Waals surface area contributed by atoms with Gasteiger partial charge < -0.3 is 5.32 Å². The molecule has 1 heterocycles. The Morgan fingerprint density at radius 3 is 2.38 bits per heavy atom. The molecule has 0 aliphatic rings. The Labute approximate surface area is 190 Å². The first kappa shape index (κ1) is 23.4. The van der Waals surface area contributed by atoms with E-state index in [0.29, 0.717) is 23.4 Å². The molecule has 0 unspecified atom stereocenters. The van der Waals surface area contributed by atoms with Crippen LogP contribution in [-0.4, -0.2) is 37.0 Å². The summed E-state index contributed by atoms with van der Waals surface area (Å²) in [6.45, 7) is 6.28. The molecule has 9 nitrogen and oxygen atoms in total. The van der Waals surface area contributed by atoms with Crippen LogP contribution < -0.4 is 15.4 Å². The van der Waals surface area contributed by atoms with Gasteiger partial charge in [-0.05, 0) is 37.1 Å². The molecule has 0 atom stereocenters. The maximum absolute atomic E-state index is 12.8. The van der Waals surface area contributed by atoms with Crippen molar-refractivity contribution in [3.8, 4) is 0 Å². The van der Waals surface area contributed by atoms with Gasteiger partial charge in [0.15, 0.2) is 0 Å². The summed E-state index contributed by atoms with van der Waals surface area (Å²) in [5, 5.41) is 12.8. The van der Waals surface area contributed by atoms with Gasteiger partial charge in [-0.2, -0.15) is 8.42 Å². The second kappa shape index (κ2) is 9.88. The standard InChI is InChI=1S/C21H23N5O4S2/c1-13(2)12-22-19(28)16-6-4-5-7-17(16)26-32(29,30)21-25-24-20(31-21)23-18(27)15-10-8-14(3)9-11-15/h4-11,13,26H,12H2,1-3H3,(H,22,28)(H,23,24,27). The second-order valence-corrected chi connectivity index (χ2v) is 10.3. The number of amides is 2. The predicted octanol–water partition coefficient (Wildman–Crippen LogP) is 3.29. The molecule has 0 aliphatic carbocycles. The van der Waals surface area contributed by atoms with Crippen LogP contribution >= 0.6 is 11.3 Å². The third-order valence-electron chi connectivity index (χ3n) is 4.26. The van der Waals surface area contributed by atoms with Gasteiger partial charge in [-0.15, -0.1) is 10.2 Å². The van der Waals surface area contributed by atoms with Crippen molar-refractivity contribution in [2.45, 2.75) is 25.1 Å². The third-order valence-corrected chi connectivity index (χ3v) is 6.83. The lowest BCUT2D eigenvalue weighted by Gasteiger charge is -2.12. The van der Waals surface area contributed by atoms with Gasteiger partial charge in [0.25, 0.3) is 26.2 Å². The molecule has 0 bridgehead atoms. The fourth-order valence-electron chi connectivity index (χ4n) is 2.59. The van der Waals surface area contributed by atoms with Crippen LogP contribution in [0.5, 0.6) is 0 Å². The van der Waals surface area contributed by atoms with Crippen LogP contribution in [-0.2, 0) is 10.0 Å². The first-order valence-electron chi connectivity index (χ1n) is 9.77. The first-order valence-corrected chi connectivity index (χ1v) is 12.1. The molecule has 168 valence electrons. The highest BCUT2D eigenvalue weighted by molar-refractivity contribution is 7.94. The fourth-order valence-corrected chi connectivity index (χ4v) is 4.57. The summed E-state index contributed by atoms with van der Waals surface area (Å²) in [5.74, 6) is -0.566. The van der Waals surface area contributed by atoms with E-state index in [1.54, 1.807) is 36.4 Å². The van der Waals surface area contributed by atoms with Crippen LogP contribution in [0.25, 0.3) is 0 Å². The molecule has 0 aliphatic heterocycles. The smallest absolute Gasteiger partial charge is 0.291 e. The summed E-state index contributed by atoms with van der Waals surface area (Å²) in [7, 11) is -4.12. The summed E-state index contributed by atoms with van der Waals surface area (Å²) >= 11 is 0.708. The maximum atomic E-state index is 12.8. The van der Waals surface area contributed by atoms with Crippen molar-refractivity contribution in [1.82, 2.24) is 15.5 Å². The maximum Gasteiger partial charge on any atom is 0.291 e. The molecule has 1 aromatic heterocycles. The molecule has 0 fully saturated rings. The van der Waals surface area contributed by atoms with E-state index in [-0.39, 0.29) is 32.5 Å². The third kappa shape index (κ3) is 5.89. The van der Waals surface area contributed by atoms with Crippen molar-refractivity contribution in [2.24, 2.45) is 5.92 Å². The van der Waals surface area contributed by atoms with Crippen LogP contribution in [0.15, 0.2) is 52.9 Å². The molecule has 3 rings (SSSR count). The number of hydrogen-bond acceptors (Lipinski definition) is 7. The summed E-state index contributed by atoms with van der Waals surface area (Å²) in [5.41, 5.74) is 1.73. The van der Waals surface area contributed by atoms with E-state index >= 15 is 0 Å². The number of rotatable bonds is 8. The number of benzene rings is 2. The van der Waals surface area contributed by atoms with E-state index in [9.17, 15) is 18.0 Å². The zero-order valence-corrected chi connectivity index (χ0v) is 19.4.